The van der Waals surface area contributed by atoms with Crippen molar-refractivity contribution in [1.29, 1.82) is 0 Å². The van der Waals surface area contributed by atoms with E-state index in [1.165, 1.54) is 6.92 Å². The molecule has 0 N–H and O–H groups in total. The lowest BCUT2D eigenvalue weighted by Crippen LogP contribution is -2.31. The molecule has 1 aromatic carbocycles. The van der Waals surface area contributed by atoms with Crippen LogP contribution >= 0.6 is 11.6 Å². The normalized spacial score (nSPS) is 23.2. The average molecular weight is 260 g/mol. The van der Waals surface area contributed by atoms with Gasteiger partial charge in [-0.1, -0.05) is 5.16 Å². The van der Waals surface area contributed by atoms with Crippen LogP contribution in [-0.2, 0) is 9.63 Å². The molecule has 1 heterocycles. The van der Waals surface area contributed by atoms with Crippen LogP contribution in [0.4, 0.5) is 8.78 Å². The quantitative estimate of drug-likeness (QED) is 0.766. The molecule has 3 nitrogen and oxygen atoms in total. The minimum atomic E-state index is -1.26. The minimum Gasteiger partial charge on any atom is -0.379 e. The molecule has 90 valence electrons. The summed E-state index contributed by atoms with van der Waals surface area (Å²) in [6.45, 7) is 1.47. The number of hydrogen-bond donors (Lipinski definition) is 0. The van der Waals surface area contributed by atoms with E-state index in [1.807, 2.05) is 0 Å². The van der Waals surface area contributed by atoms with Gasteiger partial charge in [0, 0.05) is 18.1 Å². The standard InChI is InChI=1S/C11H8ClF2NO2/c1-11(10(12)16)5-9(15-17-11)6-2-7(13)4-8(14)3-6/h2-4H,5H2,1H3. The van der Waals surface area contributed by atoms with Gasteiger partial charge in [-0.05, 0) is 30.7 Å². The predicted octanol–water partition coefficient (Wildman–Crippen LogP) is 2.61. The summed E-state index contributed by atoms with van der Waals surface area (Å²) in [6, 6.07) is 3.00. The summed E-state index contributed by atoms with van der Waals surface area (Å²) in [4.78, 5) is 16.0. The van der Waals surface area contributed by atoms with Crippen molar-refractivity contribution >= 4 is 22.6 Å². The Morgan fingerprint density at radius 1 is 1.41 bits per heavy atom. The molecule has 0 bridgehead atoms. The first-order chi connectivity index (χ1) is 7.90. The van der Waals surface area contributed by atoms with Crippen molar-refractivity contribution in [3.05, 3.63) is 35.4 Å². The van der Waals surface area contributed by atoms with Crippen molar-refractivity contribution in [2.75, 3.05) is 0 Å². The Morgan fingerprint density at radius 2 is 2.00 bits per heavy atom. The van der Waals surface area contributed by atoms with Gasteiger partial charge in [0.2, 0.25) is 5.60 Å². The van der Waals surface area contributed by atoms with Crippen LogP contribution in [0.2, 0.25) is 0 Å². The first kappa shape index (κ1) is 12.0. The number of rotatable bonds is 2. The Kier molecular flexibility index (Phi) is 2.87. The molecule has 1 atom stereocenters. The molecule has 0 fully saturated rings. The molecular weight excluding hydrogens is 252 g/mol. The van der Waals surface area contributed by atoms with Gasteiger partial charge < -0.3 is 4.84 Å². The lowest BCUT2D eigenvalue weighted by atomic mass is 9.97. The van der Waals surface area contributed by atoms with Crippen molar-refractivity contribution in [1.82, 2.24) is 0 Å². The lowest BCUT2D eigenvalue weighted by Gasteiger charge is -2.14. The van der Waals surface area contributed by atoms with Crippen LogP contribution in [0, 0.1) is 11.6 Å². The smallest absolute Gasteiger partial charge is 0.268 e. The third-order valence-electron chi connectivity index (χ3n) is 2.47. The molecule has 6 heteroatoms. The van der Waals surface area contributed by atoms with E-state index in [0.29, 0.717) is 5.71 Å². The van der Waals surface area contributed by atoms with E-state index in [9.17, 15) is 13.6 Å². The van der Waals surface area contributed by atoms with E-state index in [4.69, 9.17) is 16.4 Å². The summed E-state index contributed by atoms with van der Waals surface area (Å²) in [7, 11) is 0. The van der Waals surface area contributed by atoms with Gasteiger partial charge in [-0.2, -0.15) is 0 Å². The maximum absolute atomic E-state index is 13.0. The number of carbonyl (C=O) groups excluding carboxylic acids is 1. The second-order valence-electron chi connectivity index (χ2n) is 3.97. The molecule has 0 aliphatic carbocycles. The molecule has 1 aromatic rings. The average Bonchev–Trinajstić information content (AvgIpc) is 2.61. The molecule has 0 saturated carbocycles. The third-order valence-corrected chi connectivity index (χ3v) is 2.87. The predicted molar refractivity (Wildman–Crippen MR) is 57.9 cm³/mol. The monoisotopic (exact) mass is 259 g/mol. The molecule has 2 rings (SSSR count). The second-order valence-corrected chi connectivity index (χ2v) is 4.31. The van der Waals surface area contributed by atoms with Gasteiger partial charge in [-0.3, -0.25) is 4.79 Å². The maximum Gasteiger partial charge on any atom is 0.268 e. The van der Waals surface area contributed by atoms with Gasteiger partial charge in [0.05, 0.1) is 5.71 Å². The SMILES string of the molecule is CC1(C(=O)Cl)CC(c2cc(F)cc(F)c2)=NO1. The summed E-state index contributed by atoms with van der Waals surface area (Å²) in [5.74, 6) is -1.43. The van der Waals surface area contributed by atoms with Crippen LogP contribution < -0.4 is 0 Å². The summed E-state index contributed by atoms with van der Waals surface area (Å²) in [5, 5.41) is 2.94. The lowest BCUT2D eigenvalue weighted by molar-refractivity contribution is -0.130. The van der Waals surface area contributed by atoms with E-state index >= 15 is 0 Å². The molecule has 1 unspecified atom stereocenters. The molecular formula is C11H8ClF2NO2. The number of hydrogen-bond acceptors (Lipinski definition) is 3. The van der Waals surface area contributed by atoms with Crippen LogP contribution in [0.3, 0.4) is 0 Å². The van der Waals surface area contributed by atoms with Crippen LogP contribution in [0.25, 0.3) is 0 Å². The zero-order valence-corrected chi connectivity index (χ0v) is 9.59. The van der Waals surface area contributed by atoms with E-state index in [2.05, 4.69) is 5.16 Å². The Morgan fingerprint density at radius 3 is 2.47 bits per heavy atom. The molecule has 0 aromatic heterocycles. The van der Waals surface area contributed by atoms with E-state index in [1.54, 1.807) is 0 Å². The summed E-state index contributed by atoms with van der Waals surface area (Å²) in [6.07, 6.45) is 0.0816. The Hall–Kier alpha value is -1.49. The van der Waals surface area contributed by atoms with Crippen molar-refractivity contribution in [2.24, 2.45) is 5.16 Å². The minimum absolute atomic E-state index is 0.0816. The summed E-state index contributed by atoms with van der Waals surface area (Å²) < 4.78 is 26.0. The van der Waals surface area contributed by atoms with E-state index in [-0.39, 0.29) is 12.0 Å². The first-order valence-electron chi connectivity index (χ1n) is 4.82. The van der Waals surface area contributed by atoms with Crippen LogP contribution in [-0.4, -0.2) is 16.6 Å². The number of carbonyl (C=O) groups is 1. The highest BCUT2D eigenvalue weighted by molar-refractivity contribution is 6.65. The largest absolute Gasteiger partial charge is 0.379 e. The van der Waals surface area contributed by atoms with Gasteiger partial charge in [0.15, 0.2) is 0 Å². The molecule has 0 spiro atoms. The molecule has 17 heavy (non-hydrogen) atoms. The van der Waals surface area contributed by atoms with Crippen molar-refractivity contribution < 1.29 is 18.4 Å². The zero-order chi connectivity index (χ0) is 12.6. The topological polar surface area (TPSA) is 38.7 Å². The molecule has 0 saturated heterocycles. The number of oxime groups is 1. The van der Waals surface area contributed by atoms with Gasteiger partial charge in [-0.15, -0.1) is 0 Å². The fourth-order valence-corrected chi connectivity index (χ4v) is 1.62. The fourth-order valence-electron chi connectivity index (χ4n) is 1.52. The Labute approximate surface area is 101 Å². The van der Waals surface area contributed by atoms with Crippen LogP contribution in [0.1, 0.15) is 18.9 Å². The molecule has 0 radical (unpaired) electrons. The number of nitrogens with zero attached hydrogens (tertiary/aromatic N) is 1. The van der Waals surface area contributed by atoms with Crippen LogP contribution in [0.5, 0.6) is 0 Å². The van der Waals surface area contributed by atoms with Crippen molar-refractivity contribution in [2.45, 2.75) is 18.9 Å². The maximum atomic E-state index is 13.0. The highest BCUT2D eigenvalue weighted by Gasteiger charge is 2.41. The van der Waals surface area contributed by atoms with Gasteiger partial charge in [0.25, 0.3) is 5.24 Å². The Balaban J connectivity index is 2.29. The Bertz CT molecular complexity index is 498. The third kappa shape index (κ3) is 2.29. The van der Waals surface area contributed by atoms with Gasteiger partial charge in [-0.25, -0.2) is 8.78 Å². The number of benzene rings is 1. The van der Waals surface area contributed by atoms with Crippen molar-refractivity contribution in [3.63, 3.8) is 0 Å². The van der Waals surface area contributed by atoms with Crippen molar-refractivity contribution in [3.8, 4) is 0 Å². The van der Waals surface area contributed by atoms with Crippen LogP contribution in [0.15, 0.2) is 23.4 Å². The van der Waals surface area contributed by atoms with E-state index < -0.39 is 22.5 Å². The second kappa shape index (κ2) is 4.07. The van der Waals surface area contributed by atoms with Gasteiger partial charge >= 0.3 is 0 Å². The zero-order valence-electron chi connectivity index (χ0n) is 8.84. The highest BCUT2D eigenvalue weighted by Crippen LogP contribution is 2.29. The highest BCUT2D eigenvalue weighted by atomic mass is 35.5. The fraction of sp³-hybridized carbons (Fsp3) is 0.273. The molecule has 1 aliphatic heterocycles. The van der Waals surface area contributed by atoms with Gasteiger partial charge in [0.1, 0.15) is 11.6 Å². The summed E-state index contributed by atoms with van der Waals surface area (Å²) in [5.41, 5.74) is -0.733. The summed E-state index contributed by atoms with van der Waals surface area (Å²) >= 11 is 5.36. The molecule has 1 aliphatic rings. The van der Waals surface area contributed by atoms with E-state index in [0.717, 1.165) is 18.2 Å². The first-order valence-corrected chi connectivity index (χ1v) is 5.20. The number of halogens is 3. The molecule has 0 amide bonds.